The Morgan fingerprint density at radius 1 is 1.11 bits per heavy atom. The number of rotatable bonds is 7. The lowest BCUT2D eigenvalue weighted by atomic mass is 9.87. The largest absolute Gasteiger partial charge is 0.357 e. The molecule has 6 nitrogen and oxygen atoms in total. The van der Waals surface area contributed by atoms with E-state index in [4.69, 9.17) is 0 Å². The number of aliphatic imine (C=N–C) groups is 1. The van der Waals surface area contributed by atoms with Crippen LogP contribution in [-0.4, -0.2) is 34.0 Å². The van der Waals surface area contributed by atoms with Gasteiger partial charge in [0, 0.05) is 12.6 Å². The van der Waals surface area contributed by atoms with Crippen molar-refractivity contribution in [2.45, 2.75) is 57.9 Å². The van der Waals surface area contributed by atoms with Gasteiger partial charge in [0.25, 0.3) is 0 Å². The lowest BCUT2D eigenvalue weighted by Gasteiger charge is -2.28. The Morgan fingerprint density at radius 2 is 1.70 bits per heavy atom. The predicted molar refractivity (Wildman–Crippen MR) is 123 cm³/mol. The molecule has 0 heterocycles. The zero-order valence-corrected chi connectivity index (χ0v) is 19.6. The second-order valence-electron chi connectivity index (χ2n) is 7.08. The molecule has 1 aliphatic rings. The van der Waals surface area contributed by atoms with Crippen LogP contribution in [0.1, 0.15) is 50.7 Å². The lowest BCUT2D eigenvalue weighted by molar-refractivity contribution is 0.329. The van der Waals surface area contributed by atoms with Gasteiger partial charge in [0.15, 0.2) is 5.96 Å². The Hall–Kier alpha value is -0.870. The SMILES string of the molecule is CCNC(=NCc1ccc(CS(=O)(=O)NC)cc1)NC1CCC(C)CC1.I. The van der Waals surface area contributed by atoms with E-state index in [1.165, 1.54) is 32.7 Å². The Labute approximate surface area is 181 Å². The van der Waals surface area contributed by atoms with Gasteiger partial charge in [-0.15, -0.1) is 24.0 Å². The normalized spacial score (nSPS) is 20.6. The third-order valence-electron chi connectivity index (χ3n) is 4.81. The van der Waals surface area contributed by atoms with E-state index in [0.717, 1.165) is 29.5 Å². The predicted octanol–water partition coefficient (Wildman–Crippen LogP) is 2.99. The van der Waals surface area contributed by atoms with Crippen molar-refractivity contribution >= 4 is 40.0 Å². The van der Waals surface area contributed by atoms with Gasteiger partial charge in [-0.2, -0.15) is 0 Å². The van der Waals surface area contributed by atoms with Gasteiger partial charge in [-0.25, -0.2) is 18.1 Å². The highest BCUT2D eigenvalue weighted by atomic mass is 127. The molecular weight excluding hydrogens is 475 g/mol. The van der Waals surface area contributed by atoms with Crippen LogP contribution in [0.3, 0.4) is 0 Å². The monoisotopic (exact) mass is 508 g/mol. The molecule has 1 fully saturated rings. The van der Waals surface area contributed by atoms with Crippen molar-refractivity contribution in [3.8, 4) is 0 Å². The quantitative estimate of drug-likeness (QED) is 0.301. The lowest BCUT2D eigenvalue weighted by Crippen LogP contribution is -2.44. The third kappa shape index (κ3) is 8.78. The molecule has 1 aliphatic carbocycles. The van der Waals surface area contributed by atoms with Crippen molar-refractivity contribution in [2.75, 3.05) is 13.6 Å². The molecule has 1 saturated carbocycles. The number of nitrogens with zero attached hydrogens (tertiary/aromatic N) is 1. The van der Waals surface area contributed by atoms with Crippen molar-refractivity contribution < 1.29 is 8.42 Å². The summed E-state index contributed by atoms with van der Waals surface area (Å²) in [6.07, 6.45) is 4.93. The van der Waals surface area contributed by atoms with E-state index in [1.807, 2.05) is 24.3 Å². The van der Waals surface area contributed by atoms with Gasteiger partial charge < -0.3 is 10.6 Å². The van der Waals surface area contributed by atoms with Crippen molar-refractivity contribution in [1.29, 1.82) is 0 Å². The first-order valence-electron chi connectivity index (χ1n) is 9.45. The van der Waals surface area contributed by atoms with Crippen LogP contribution in [-0.2, 0) is 22.3 Å². The zero-order chi connectivity index (χ0) is 19.0. The number of sulfonamides is 1. The molecule has 27 heavy (non-hydrogen) atoms. The first-order chi connectivity index (χ1) is 12.4. The third-order valence-corrected chi connectivity index (χ3v) is 6.15. The number of halogens is 1. The molecule has 0 bridgehead atoms. The smallest absolute Gasteiger partial charge is 0.215 e. The van der Waals surface area contributed by atoms with Gasteiger partial charge in [0.2, 0.25) is 10.0 Å². The summed E-state index contributed by atoms with van der Waals surface area (Å²) in [5, 5.41) is 6.86. The summed E-state index contributed by atoms with van der Waals surface area (Å²) in [5.74, 6) is 1.68. The summed E-state index contributed by atoms with van der Waals surface area (Å²) in [6, 6.07) is 8.08. The highest BCUT2D eigenvalue weighted by molar-refractivity contribution is 14.0. The summed E-state index contributed by atoms with van der Waals surface area (Å²) in [5.41, 5.74) is 1.83. The number of guanidine groups is 1. The maximum atomic E-state index is 11.6. The summed E-state index contributed by atoms with van der Waals surface area (Å²) >= 11 is 0. The minimum Gasteiger partial charge on any atom is -0.357 e. The zero-order valence-electron chi connectivity index (χ0n) is 16.5. The highest BCUT2D eigenvalue weighted by Crippen LogP contribution is 2.23. The molecule has 0 atom stereocenters. The van der Waals surface area contributed by atoms with E-state index in [9.17, 15) is 8.42 Å². The Balaban J connectivity index is 0.00000364. The van der Waals surface area contributed by atoms with Crippen LogP contribution in [0, 0.1) is 5.92 Å². The van der Waals surface area contributed by atoms with Gasteiger partial charge in [0.1, 0.15) is 0 Å². The van der Waals surface area contributed by atoms with Crippen molar-refractivity contribution in [3.63, 3.8) is 0 Å². The summed E-state index contributed by atoms with van der Waals surface area (Å²) in [4.78, 5) is 4.68. The Bertz CT molecular complexity index is 684. The molecule has 3 N–H and O–H groups in total. The Kier molecular flexibility index (Phi) is 10.6. The highest BCUT2D eigenvalue weighted by Gasteiger charge is 2.18. The van der Waals surface area contributed by atoms with Crippen molar-refractivity contribution in [1.82, 2.24) is 15.4 Å². The second-order valence-corrected chi connectivity index (χ2v) is 9.00. The summed E-state index contributed by atoms with van der Waals surface area (Å²) in [7, 11) is -1.81. The van der Waals surface area contributed by atoms with E-state index in [-0.39, 0.29) is 29.7 Å². The molecule has 0 spiro atoms. The maximum absolute atomic E-state index is 11.6. The fourth-order valence-electron chi connectivity index (χ4n) is 3.12. The number of hydrogen-bond donors (Lipinski definition) is 3. The molecule has 1 aromatic rings. The maximum Gasteiger partial charge on any atom is 0.215 e. The van der Waals surface area contributed by atoms with Gasteiger partial charge in [-0.05, 0) is 56.7 Å². The van der Waals surface area contributed by atoms with Crippen LogP contribution in [0.15, 0.2) is 29.3 Å². The molecule has 0 aromatic heterocycles. The number of nitrogens with one attached hydrogen (secondary N) is 3. The van der Waals surface area contributed by atoms with Gasteiger partial charge >= 0.3 is 0 Å². The molecule has 1 aromatic carbocycles. The van der Waals surface area contributed by atoms with Crippen LogP contribution >= 0.6 is 24.0 Å². The molecule has 154 valence electrons. The topological polar surface area (TPSA) is 82.6 Å². The summed E-state index contributed by atoms with van der Waals surface area (Å²) in [6.45, 7) is 5.78. The van der Waals surface area contributed by atoms with Crippen LogP contribution in [0.4, 0.5) is 0 Å². The average Bonchev–Trinajstić information content (AvgIpc) is 2.63. The molecule has 2 rings (SSSR count). The van der Waals surface area contributed by atoms with E-state index in [0.29, 0.717) is 12.6 Å². The molecule has 0 aliphatic heterocycles. The van der Waals surface area contributed by atoms with Crippen molar-refractivity contribution in [2.24, 2.45) is 10.9 Å². The molecule has 0 saturated heterocycles. The van der Waals surface area contributed by atoms with Gasteiger partial charge in [-0.1, -0.05) is 31.2 Å². The van der Waals surface area contributed by atoms with Crippen LogP contribution < -0.4 is 15.4 Å². The fourth-order valence-corrected chi connectivity index (χ4v) is 3.90. The number of hydrogen-bond acceptors (Lipinski definition) is 3. The summed E-state index contributed by atoms with van der Waals surface area (Å²) < 4.78 is 25.5. The molecule has 0 unspecified atom stereocenters. The van der Waals surface area contributed by atoms with E-state index in [1.54, 1.807) is 0 Å². The van der Waals surface area contributed by atoms with Gasteiger partial charge in [0.05, 0.1) is 12.3 Å². The first-order valence-corrected chi connectivity index (χ1v) is 11.1. The molecular formula is C19H33IN4O2S. The molecule has 0 radical (unpaired) electrons. The van der Waals surface area contributed by atoms with Crippen molar-refractivity contribution in [3.05, 3.63) is 35.4 Å². The fraction of sp³-hybridized carbons (Fsp3) is 0.632. The Morgan fingerprint density at radius 3 is 2.26 bits per heavy atom. The number of benzene rings is 1. The molecule has 8 heteroatoms. The van der Waals surface area contributed by atoms with Crippen LogP contribution in [0.25, 0.3) is 0 Å². The minimum atomic E-state index is -3.24. The second kappa shape index (κ2) is 11.9. The first kappa shape index (κ1) is 24.2. The van der Waals surface area contributed by atoms with E-state index in [2.05, 4.69) is 34.2 Å². The van der Waals surface area contributed by atoms with Crippen LogP contribution in [0.5, 0.6) is 0 Å². The van der Waals surface area contributed by atoms with Gasteiger partial charge in [-0.3, -0.25) is 0 Å². The standard InChI is InChI=1S/C19H32N4O2S.HI/c1-4-21-19(23-18-11-5-15(2)6-12-18)22-13-16-7-9-17(10-8-16)14-26(24,25)20-3;/h7-10,15,18,20H,4-6,11-14H2,1-3H3,(H2,21,22,23);1H. The molecule has 0 amide bonds. The van der Waals surface area contributed by atoms with E-state index < -0.39 is 10.0 Å². The average molecular weight is 508 g/mol. The van der Waals surface area contributed by atoms with Crippen LogP contribution in [0.2, 0.25) is 0 Å². The van der Waals surface area contributed by atoms with E-state index >= 15 is 0 Å². The minimum absolute atomic E-state index is 0.